The molecule has 3 heteroatoms. The van der Waals surface area contributed by atoms with Crippen LogP contribution in [0.1, 0.15) is 29.5 Å². The second-order valence-corrected chi connectivity index (χ2v) is 5.14. The number of hydrogen-bond acceptors (Lipinski definition) is 3. The van der Waals surface area contributed by atoms with Crippen LogP contribution in [0.15, 0.2) is 5.51 Å². The van der Waals surface area contributed by atoms with Crippen molar-refractivity contribution < 1.29 is 0 Å². The molecule has 1 saturated heterocycles. The molecule has 1 aliphatic carbocycles. The predicted molar refractivity (Wildman–Crippen MR) is 53.9 cm³/mol. The van der Waals surface area contributed by atoms with E-state index in [2.05, 4.69) is 16.9 Å². The fraction of sp³-hybridized carbons (Fsp3) is 0.700. The van der Waals surface area contributed by atoms with Crippen LogP contribution in [0, 0.1) is 5.92 Å². The lowest BCUT2D eigenvalue weighted by atomic mass is 9.81. The van der Waals surface area contributed by atoms with E-state index in [1.165, 1.54) is 31.5 Å². The molecule has 13 heavy (non-hydrogen) atoms. The van der Waals surface area contributed by atoms with E-state index in [1.54, 1.807) is 4.88 Å². The smallest absolute Gasteiger partial charge is 0.0798 e. The number of hydrogen-bond donors (Lipinski definition) is 0. The van der Waals surface area contributed by atoms with Gasteiger partial charge < -0.3 is 0 Å². The molecule has 0 radical (unpaired) electrons. The molecule has 0 saturated carbocycles. The highest BCUT2D eigenvalue weighted by atomic mass is 32.1. The van der Waals surface area contributed by atoms with E-state index in [9.17, 15) is 0 Å². The number of thiazole rings is 1. The van der Waals surface area contributed by atoms with Gasteiger partial charge in [0.05, 0.1) is 11.2 Å². The summed E-state index contributed by atoms with van der Waals surface area (Å²) in [6, 6.07) is 0.690. The SMILES string of the molecule is CN1CCC2Cc3ncsc3C1C2. The Bertz CT molecular complexity index is 320. The molecule has 70 valence electrons. The van der Waals surface area contributed by atoms with Gasteiger partial charge in [-0.05, 0) is 38.8 Å². The van der Waals surface area contributed by atoms with Gasteiger partial charge in [-0.25, -0.2) is 4.98 Å². The van der Waals surface area contributed by atoms with Crippen LogP contribution >= 0.6 is 11.3 Å². The quantitative estimate of drug-likeness (QED) is 0.628. The van der Waals surface area contributed by atoms with Crippen molar-refractivity contribution in [2.75, 3.05) is 13.6 Å². The summed E-state index contributed by atoms with van der Waals surface area (Å²) < 4.78 is 0. The van der Waals surface area contributed by atoms with E-state index < -0.39 is 0 Å². The molecular formula is C10H14N2S. The van der Waals surface area contributed by atoms with Crippen LogP contribution < -0.4 is 0 Å². The number of aromatic nitrogens is 1. The van der Waals surface area contributed by atoms with Crippen LogP contribution in [0.4, 0.5) is 0 Å². The lowest BCUT2D eigenvalue weighted by Crippen LogP contribution is -2.37. The minimum atomic E-state index is 0.690. The van der Waals surface area contributed by atoms with Gasteiger partial charge in [0.25, 0.3) is 0 Å². The van der Waals surface area contributed by atoms with Crippen LogP contribution in [0.3, 0.4) is 0 Å². The molecule has 2 aliphatic rings. The second-order valence-electron chi connectivity index (χ2n) is 4.25. The molecule has 1 fully saturated rings. The van der Waals surface area contributed by atoms with Crippen molar-refractivity contribution in [3.8, 4) is 0 Å². The van der Waals surface area contributed by atoms with Crippen LogP contribution in [0.5, 0.6) is 0 Å². The van der Waals surface area contributed by atoms with Gasteiger partial charge in [0.1, 0.15) is 0 Å². The molecule has 0 N–H and O–H groups in total. The summed E-state index contributed by atoms with van der Waals surface area (Å²) in [6.45, 7) is 1.27. The molecule has 2 unspecified atom stereocenters. The Morgan fingerprint density at radius 1 is 1.62 bits per heavy atom. The minimum Gasteiger partial charge on any atom is -0.298 e. The molecule has 2 atom stereocenters. The summed E-state index contributed by atoms with van der Waals surface area (Å²) in [5.41, 5.74) is 3.40. The van der Waals surface area contributed by atoms with Crippen molar-refractivity contribution in [3.63, 3.8) is 0 Å². The molecule has 0 aromatic carbocycles. The van der Waals surface area contributed by atoms with E-state index in [-0.39, 0.29) is 0 Å². The summed E-state index contributed by atoms with van der Waals surface area (Å²) in [6.07, 6.45) is 3.97. The third-order valence-electron chi connectivity index (χ3n) is 3.44. The number of piperidine rings is 1. The van der Waals surface area contributed by atoms with E-state index in [0.717, 1.165) is 5.92 Å². The Kier molecular flexibility index (Phi) is 1.70. The maximum absolute atomic E-state index is 4.47. The fourth-order valence-electron chi connectivity index (χ4n) is 2.62. The van der Waals surface area contributed by atoms with Crippen LogP contribution in [-0.4, -0.2) is 23.5 Å². The van der Waals surface area contributed by atoms with Crippen molar-refractivity contribution in [1.82, 2.24) is 9.88 Å². The Balaban J connectivity index is 2.04. The molecule has 1 aliphatic heterocycles. The average Bonchev–Trinajstić information content (AvgIpc) is 2.59. The number of fused-ring (bicyclic) bond motifs is 4. The maximum Gasteiger partial charge on any atom is 0.0798 e. The van der Waals surface area contributed by atoms with E-state index in [4.69, 9.17) is 0 Å². The summed E-state index contributed by atoms with van der Waals surface area (Å²) in [7, 11) is 2.25. The number of likely N-dealkylation sites (tertiary alicyclic amines) is 1. The fourth-order valence-corrected chi connectivity index (χ4v) is 3.62. The molecule has 3 rings (SSSR count). The van der Waals surface area contributed by atoms with E-state index in [1.807, 2.05) is 16.8 Å². The predicted octanol–water partition coefficient (Wildman–Crippen LogP) is 2.08. The van der Waals surface area contributed by atoms with Gasteiger partial charge in [-0.1, -0.05) is 0 Å². The Morgan fingerprint density at radius 2 is 2.54 bits per heavy atom. The number of rotatable bonds is 0. The first kappa shape index (κ1) is 7.94. The average molecular weight is 194 g/mol. The summed E-state index contributed by atoms with van der Waals surface area (Å²) in [5.74, 6) is 0.913. The van der Waals surface area contributed by atoms with Crippen LogP contribution in [-0.2, 0) is 6.42 Å². The van der Waals surface area contributed by atoms with E-state index >= 15 is 0 Å². The van der Waals surface area contributed by atoms with Gasteiger partial charge in [-0.2, -0.15) is 0 Å². The highest BCUT2D eigenvalue weighted by Gasteiger charge is 2.34. The molecule has 2 bridgehead atoms. The standard InChI is InChI=1S/C10H14N2S/c1-12-3-2-7-4-8-10(9(12)5-7)13-6-11-8/h6-7,9H,2-5H2,1H3. The third-order valence-corrected chi connectivity index (χ3v) is 4.41. The normalized spacial score (nSPS) is 33.0. The van der Waals surface area contributed by atoms with Crippen molar-refractivity contribution in [2.45, 2.75) is 25.3 Å². The molecule has 2 heterocycles. The first-order valence-corrected chi connectivity index (χ1v) is 5.85. The molecule has 0 amide bonds. The van der Waals surface area contributed by atoms with Crippen LogP contribution in [0.25, 0.3) is 0 Å². The van der Waals surface area contributed by atoms with Gasteiger partial charge in [0, 0.05) is 10.9 Å². The monoisotopic (exact) mass is 194 g/mol. The van der Waals surface area contributed by atoms with Gasteiger partial charge in [-0.3, -0.25) is 4.90 Å². The van der Waals surface area contributed by atoms with E-state index in [0.29, 0.717) is 6.04 Å². The first-order chi connectivity index (χ1) is 6.34. The highest BCUT2D eigenvalue weighted by Crippen LogP contribution is 2.42. The molecule has 1 aromatic rings. The lowest BCUT2D eigenvalue weighted by Gasteiger charge is -2.40. The van der Waals surface area contributed by atoms with Gasteiger partial charge in [-0.15, -0.1) is 11.3 Å². The van der Waals surface area contributed by atoms with Gasteiger partial charge >= 0.3 is 0 Å². The summed E-state index contributed by atoms with van der Waals surface area (Å²) >= 11 is 1.84. The maximum atomic E-state index is 4.47. The zero-order valence-corrected chi connectivity index (χ0v) is 8.68. The van der Waals surface area contributed by atoms with Crippen molar-refractivity contribution >= 4 is 11.3 Å². The Morgan fingerprint density at radius 3 is 3.46 bits per heavy atom. The molecular weight excluding hydrogens is 180 g/mol. The first-order valence-electron chi connectivity index (χ1n) is 4.97. The van der Waals surface area contributed by atoms with Crippen LogP contribution in [0.2, 0.25) is 0 Å². The van der Waals surface area contributed by atoms with Gasteiger partial charge in [0.2, 0.25) is 0 Å². The van der Waals surface area contributed by atoms with Crippen molar-refractivity contribution in [2.24, 2.45) is 5.92 Å². The second kappa shape index (κ2) is 2.79. The largest absolute Gasteiger partial charge is 0.298 e. The number of nitrogens with zero attached hydrogens (tertiary/aromatic N) is 2. The molecule has 0 spiro atoms. The summed E-state index contributed by atoms with van der Waals surface area (Å²) in [4.78, 5) is 8.50. The van der Waals surface area contributed by atoms with Crippen molar-refractivity contribution in [1.29, 1.82) is 0 Å². The van der Waals surface area contributed by atoms with Crippen molar-refractivity contribution in [3.05, 3.63) is 16.1 Å². The summed E-state index contributed by atoms with van der Waals surface area (Å²) in [5, 5.41) is 0. The minimum absolute atomic E-state index is 0.690. The Hall–Kier alpha value is -0.410. The zero-order chi connectivity index (χ0) is 8.84. The molecule has 1 aromatic heterocycles. The Labute approximate surface area is 82.6 Å². The zero-order valence-electron chi connectivity index (χ0n) is 7.86. The molecule has 2 nitrogen and oxygen atoms in total. The highest BCUT2D eigenvalue weighted by molar-refractivity contribution is 7.09. The lowest BCUT2D eigenvalue weighted by molar-refractivity contribution is 0.131. The van der Waals surface area contributed by atoms with Gasteiger partial charge in [0.15, 0.2) is 0 Å². The topological polar surface area (TPSA) is 16.1 Å². The third kappa shape index (κ3) is 1.14.